The molecule has 3 rings (SSSR count). The van der Waals surface area contributed by atoms with E-state index in [0.717, 1.165) is 27.9 Å². The Morgan fingerprint density at radius 1 is 1.12 bits per heavy atom. The summed E-state index contributed by atoms with van der Waals surface area (Å²) in [6.07, 6.45) is -2.78. The molecule has 1 aliphatic rings. The Balaban J connectivity index is 2.01. The Bertz CT molecular complexity index is 888. The maximum absolute atomic E-state index is 12.8. The molecule has 3 nitrogen and oxygen atoms in total. The van der Waals surface area contributed by atoms with Gasteiger partial charge in [-0.3, -0.25) is 4.79 Å². The fourth-order valence-corrected chi connectivity index (χ4v) is 3.41. The summed E-state index contributed by atoms with van der Waals surface area (Å²) in [6.45, 7) is 0. The molecule has 0 spiro atoms. The van der Waals surface area contributed by atoms with Crippen molar-refractivity contribution < 1.29 is 18.0 Å². The van der Waals surface area contributed by atoms with Gasteiger partial charge in [-0.15, -0.1) is 0 Å². The topological polar surface area (TPSA) is 32.3 Å². The molecule has 0 atom stereocenters. The van der Waals surface area contributed by atoms with E-state index in [2.05, 4.69) is 21.2 Å². The summed E-state index contributed by atoms with van der Waals surface area (Å²) in [7, 11) is 3.83. The van der Waals surface area contributed by atoms with Crippen molar-refractivity contribution in [3.63, 3.8) is 0 Å². The van der Waals surface area contributed by atoms with E-state index in [4.69, 9.17) is 0 Å². The largest absolute Gasteiger partial charge is 0.416 e. The number of hydrogen-bond acceptors (Lipinski definition) is 2. The van der Waals surface area contributed by atoms with Crippen LogP contribution in [0.3, 0.4) is 0 Å². The lowest BCUT2D eigenvalue weighted by Crippen LogP contribution is -2.09. The van der Waals surface area contributed by atoms with Crippen molar-refractivity contribution in [3.05, 3.63) is 57.6 Å². The predicted octanol–water partition coefficient (Wildman–Crippen LogP) is 5.03. The lowest BCUT2D eigenvalue weighted by molar-refractivity contribution is -0.137. The molecule has 0 bridgehead atoms. The SMILES string of the molecule is CN(C)c1ccc(/C=C2/C(=O)Nc3cc(C(F)(F)F)ccc32)cc1Br. The molecular weight excluding hydrogens is 397 g/mol. The highest BCUT2D eigenvalue weighted by molar-refractivity contribution is 9.10. The van der Waals surface area contributed by atoms with Crippen LogP contribution in [0.15, 0.2) is 40.9 Å². The van der Waals surface area contributed by atoms with Crippen LogP contribution in [-0.4, -0.2) is 20.0 Å². The fraction of sp³-hybridized carbons (Fsp3) is 0.167. The third-order valence-corrected chi connectivity index (χ3v) is 4.53. The summed E-state index contributed by atoms with van der Waals surface area (Å²) in [6, 6.07) is 8.87. The molecule has 0 aromatic heterocycles. The molecule has 0 fully saturated rings. The van der Waals surface area contributed by atoms with Crippen LogP contribution >= 0.6 is 15.9 Å². The molecule has 0 saturated heterocycles. The van der Waals surface area contributed by atoms with E-state index < -0.39 is 17.6 Å². The molecule has 7 heteroatoms. The number of carbonyl (C=O) groups is 1. The van der Waals surface area contributed by atoms with Crippen LogP contribution in [0.5, 0.6) is 0 Å². The van der Waals surface area contributed by atoms with Gasteiger partial charge in [0.05, 0.1) is 11.3 Å². The van der Waals surface area contributed by atoms with Crippen molar-refractivity contribution in [3.8, 4) is 0 Å². The lowest BCUT2D eigenvalue weighted by atomic mass is 10.0. The first-order chi connectivity index (χ1) is 11.7. The van der Waals surface area contributed by atoms with Gasteiger partial charge in [-0.2, -0.15) is 13.2 Å². The number of amides is 1. The van der Waals surface area contributed by atoms with Crippen molar-refractivity contribution in [1.29, 1.82) is 0 Å². The smallest absolute Gasteiger partial charge is 0.377 e. The minimum Gasteiger partial charge on any atom is -0.377 e. The number of nitrogens with one attached hydrogen (secondary N) is 1. The number of hydrogen-bond donors (Lipinski definition) is 1. The second-order valence-corrected chi connectivity index (χ2v) is 6.73. The monoisotopic (exact) mass is 410 g/mol. The van der Waals surface area contributed by atoms with Gasteiger partial charge in [-0.1, -0.05) is 12.1 Å². The molecule has 1 amide bonds. The van der Waals surface area contributed by atoms with E-state index in [0.29, 0.717) is 11.1 Å². The molecule has 0 saturated carbocycles. The summed E-state index contributed by atoms with van der Waals surface area (Å²) < 4.78 is 39.3. The zero-order valence-electron chi connectivity index (χ0n) is 13.4. The summed E-state index contributed by atoms with van der Waals surface area (Å²) in [5.74, 6) is -0.415. The van der Waals surface area contributed by atoms with E-state index in [1.54, 1.807) is 6.08 Å². The van der Waals surface area contributed by atoms with Crippen LogP contribution in [0.2, 0.25) is 0 Å². The summed E-state index contributed by atoms with van der Waals surface area (Å²) in [5.41, 5.74) is 1.95. The third-order valence-electron chi connectivity index (χ3n) is 3.89. The van der Waals surface area contributed by atoms with Crippen LogP contribution in [-0.2, 0) is 11.0 Å². The highest BCUT2D eigenvalue weighted by Crippen LogP contribution is 2.38. The van der Waals surface area contributed by atoms with Gasteiger partial charge >= 0.3 is 6.18 Å². The van der Waals surface area contributed by atoms with Gasteiger partial charge in [0.15, 0.2) is 0 Å². The second-order valence-electron chi connectivity index (χ2n) is 5.88. The minimum absolute atomic E-state index is 0.176. The number of halogens is 4. The van der Waals surface area contributed by atoms with Crippen LogP contribution < -0.4 is 10.2 Å². The number of rotatable bonds is 2. The maximum atomic E-state index is 12.8. The summed E-state index contributed by atoms with van der Waals surface area (Å²) >= 11 is 3.48. The van der Waals surface area contributed by atoms with Crippen molar-refractivity contribution in [2.75, 3.05) is 24.3 Å². The molecule has 1 heterocycles. The van der Waals surface area contributed by atoms with Gasteiger partial charge in [0.2, 0.25) is 0 Å². The Kier molecular flexibility index (Phi) is 4.36. The zero-order chi connectivity index (χ0) is 18.4. The molecule has 25 heavy (non-hydrogen) atoms. The Labute approximate surface area is 151 Å². The van der Waals surface area contributed by atoms with Crippen LogP contribution in [0.4, 0.5) is 24.5 Å². The molecule has 2 aromatic carbocycles. The van der Waals surface area contributed by atoms with Crippen LogP contribution in [0.25, 0.3) is 11.6 Å². The van der Waals surface area contributed by atoms with Gasteiger partial charge in [0.25, 0.3) is 5.91 Å². The summed E-state index contributed by atoms with van der Waals surface area (Å²) in [4.78, 5) is 14.1. The quantitative estimate of drug-likeness (QED) is 0.704. The first-order valence-corrected chi connectivity index (χ1v) is 8.17. The fourth-order valence-electron chi connectivity index (χ4n) is 2.66. The van der Waals surface area contributed by atoms with Crippen molar-refractivity contribution in [1.82, 2.24) is 0 Å². The maximum Gasteiger partial charge on any atom is 0.416 e. The van der Waals surface area contributed by atoms with E-state index in [-0.39, 0.29) is 5.69 Å². The van der Waals surface area contributed by atoms with Crippen LogP contribution in [0, 0.1) is 0 Å². The van der Waals surface area contributed by atoms with E-state index in [1.807, 2.05) is 37.2 Å². The number of nitrogens with zero attached hydrogens (tertiary/aromatic N) is 1. The van der Waals surface area contributed by atoms with Gasteiger partial charge in [-0.25, -0.2) is 0 Å². The third kappa shape index (κ3) is 3.42. The predicted molar refractivity (Wildman–Crippen MR) is 96.4 cm³/mol. The first-order valence-electron chi connectivity index (χ1n) is 7.38. The minimum atomic E-state index is -4.45. The number of benzene rings is 2. The van der Waals surface area contributed by atoms with Gasteiger partial charge in [0, 0.05) is 35.4 Å². The molecule has 1 aliphatic heterocycles. The van der Waals surface area contributed by atoms with Gasteiger partial charge < -0.3 is 10.2 Å². The molecule has 1 N–H and O–H groups in total. The lowest BCUT2D eigenvalue weighted by Gasteiger charge is -2.14. The molecule has 130 valence electrons. The Morgan fingerprint density at radius 2 is 1.84 bits per heavy atom. The average molecular weight is 411 g/mol. The molecule has 0 radical (unpaired) electrons. The highest BCUT2D eigenvalue weighted by atomic mass is 79.9. The summed E-state index contributed by atoms with van der Waals surface area (Å²) in [5, 5.41) is 2.50. The van der Waals surface area contributed by atoms with Gasteiger partial charge in [-0.05, 0) is 51.8 Å². The molecular formula is C18H14BrF3N2O. The number of fused-ring (bicyclic) bond motifs is 1. The molecule has 0 aliphatic carbocycles. The van der Waals surface area contributed by atoms with Crippen molar-refractivity contribution >= 4 is 44.9 Å². The number of alkyl halides is 3. The highest BCUT2D eigenvalue weighted by Gasteiger charge is 2.33. The zero-order valence-corrected chi connectivity index (χ0v) is 15.0. The standard InChI is InChI=1S/C18H14BrF3N2O/c1-24(2)16-6-3-10(8-14(16)19)7-13-12-5-4-11(18(20,21)22)9-15(12)23-17(13)25/h3-9H,1-2H3,(H,23,25)/b13-7+. The number of carbonyl (C=O) groups excluding carboxylic acids is 1. The molecule has 2 aromatic rings. The van der Waals surface area contributed by atoms with Gasteiger partial charge in [0.1, 0.15) is 0 Å². The van der Waals surface area contributed by atoms with Crippen molar-refractivity contribution in [2.24, 2.45) is 0 Å². The Hall–Kier alpha value is -2.28. The van der Waals surface area contributed by atoms with E-state index >= 15 is 0 Å². The normalized spacial score (nSPS) is 15.3. The first kappa shape index (κ1) is 17.5. The van der Waals surface area contributed by atoms with Crippen LogP contribution in [0.1, 0.15) is 16.7 Å². The number of anilines is 2. The average Bonchev–Trinajstić information content (AvgIpc) is 2.81. The van der Waals surface area contributed by atoms with Crippen molar-refractivity contribution in [2.45, 2.75) is 6.18 Å². The van der Waals surface area contributed by atoms with E-state index in [1.165, 1.54) is 6.07 Å². The second kappa shape index (κ2) is 6.22. The molecule has 0 unspecified atom stereocenters. The van der Waals surface area contributed by atoms with E-state index in [9.17, 15) is 18.0 Å². The Morgan fingerprint density at radius 3 is 2.44 bits per heavy atom.